The van der Waals surface area contributed by atoms with Crippen LogP contribution in [-0.2, 0) is 11.8 Å². The molecule has 0 spiro atoms. The van der Waals surface area contributed by atoms with E-state index in [1.54, 1.807) is 19.2 Å². The van der Waals surface area contributed by atoms with Gasteiger partial charge in [0, 0.05) is 12.6 Å². The molecule has 0 aliphatic carbocycles. The minimum absolute atomic E-state index is 0.151. The van der Waals surface area contributed by atoms with Crippen molar-refractivity contribution in [3.8, 4) is 17.1 Å². The Labute approximate surface area is 166 Å². The highest BCUT2D eigenvalue weighted by molar-refractivity contribution is 8.00. The molecule has 0 unspecified atom stereocenters. The van der Waals surface area contributed by atoms with Gasteiger partial charge in [-0.25, -0.2) is 0 Å². The number of anilines is 1. The highest BCUT2D eigenvalue weighted by Crippen LogP contribution is 2.28. The third-order valence-electron chi connectivity index (χ3n) is 3.97. The van der Waals surface area contributed by atoms with Gasteiger partial charge in [-0.05, 0) is 43.3 Å². The smallest absolute Gasteiger partial charge is 0.237 e. The van der Waals surface area contributed by atoms with Gasteiger partial charge in [0.1, 0.15) is 5.75 Å². The first kappa shape index (κ1) is 19.3. The van der Waals surface area contributed by atoms with Crippen molar-refractivity contribution in [3.63, 3.8) is 0 Å². The number of halogens is 1. The van der Waals surface area contributed by atoms with Crippen LogP contribution in [0.5, 0.6) is 5.75 Å². The van der Waals surface area contributed by atoms with E-state index in [1.165, 1.54) is 11.8 Å². The van der Waals surface area contributed by atoms with Crippen molar-refractivity contribution in [1.82, 2.24) is 14.8 Å². The molecule has 0 aliphatic rings. The van der Waals surface area contributed by atoms with E-state index in [0.29, 0.717) is 15.9 Å². The number of hydrogen-bond donors (Lipinski definition) is 1. The molecule has 2 aromatic carbocycles. The van der Waals surface area contributed by atoms with Crippen LogP contribution in [0.3, 0.4) is 0 Å². The third-order valence-corrected chi connectivity index (χ3v) is 5.43. The first-order valence-corrected chi connectivity index (χ1v) is 9.51. The lowest BCUT2D eigenvalue weighted by molar-refractivity contribution is -0.115. The van der Waals surface area contributed by atoms with E-state index >= 15 is 0 Å². The summed E-state index contributed by atoms with van der Waals surface area (Å²) in [6.45, 7) is 1.82. The van der Waals surface area contributed by atoms with Gasteiger partial charge in [-0.15, -0.1) is 10.2 Å². The summed E-state index contributed by atoms with van der Waals surface area (Å²) in [5.41, 5.74) is 1.51. The summed E-state index contributed by atoms with van der Waals surface area (Å²) in [7, 11) is 3.50. The molecule has 1 atom stereocenters. The fourth-order valence-corrected chi connectivity index (χ4v) is 3.42. The van der Waals surface area contributed by atoms with Crippen molar-refractivity contribution in [2.75, 3.05) is 12.4 Å². The highest BCUT2D eigenvalue weighted by Gasteiger charge is 2.20. The van der Waals surface area contributed by atoms with Gasteiger partial charge in [0.25, 0.3) is 0 Å². The van der Waals surface area contributed by atoms with E-state index in [-0.39, 0.29) is 11.2 Å². The summed E-state index contributed by atoms with van der Waals surface area (Å²) >= 11 is 7.43. The van der Waals surface area contributed by atoms with E-state index in [9.17, 15) is 4.79 Å². The van der Waals surface area contributed by atoms with Gasteiger partial charge in [-0.1, -0.05) is 35.5 Å². The summed E-state index contributed by atoms with van der Waals surface area (Å²) in [6, 6.07) is 14.7. The molecule has 0 bridgehead atoms. The van der Waals surface area contributed by atoms with Crippen LogP contribution in [0.15, 0.2) is 53.7 Å². The molecule has 1 heterocycles. The lowest BCUT2D eigenvalue weighted by Gasteiger charge is -2.12. The molecule has 1 N–H and O–H groups in total. The number of benzene rings is 2. The molecule has 1 amide bonds. The van der Waals surface area contributed by atoms with Crippen molar-refractivity contribution in [3.05, 3.63) is 53.6 Å². The maximum Gasteiger partial charge on any atom is 0.237 e. The lowest BCUT2D eigenvalue weighted by atomic mass is 10.2. The van der Waals surface area contributed by atoms with Crippen LogP contribution in [0.2, 0.25) is 5.02 Å². The second-order valence-electron chi connectivity index (χ2n) is 5.82. The topological polar surface area (TPSA) is 69.0 Å². The minimum atomic E-state index is -0.368. The number of para-hydroxylation sites is 1. The minimum Gasteiger partial charge on any atom is -0.497 e. The fourth-order valence-electron chi connectivity index (χ4n) is 2.42. The Hall–Kier alpha value is -2.51. The third kappa shape index (κ3) is 4.43. The Morgan fingerprint density at radius 1 is 1.19 bits per heavy atom. The van der Waals surface area contributed by atoms with Gasteiger partial charge in [0.05, 0.1) is 23.1 Å². The van der Waals surface area contributed by atoms with Crippen LogP contribution in [0.25, 0.3) is 11.4 Å². The van der Waals surface area contributed by atoms with Gasteiger partial charge in [-0.3, -0.25) is 4.79 Å². The number of nitrogens with one attached hydrogen (secondary N) is 1. The number of hydrogen-bond acceptors (Lipinski definition) is 5. The van der Waals surface area contributed by atoms with E-state index in [2.05, 4.69) is 15.5 Å². The summed E-state index contributed by atoms with van der Waals surface area (Å²) < 4.78 is 7.04. The number of aromatic nitrogens is 3. The largest absolute Gasteiger partial charge is 0.497 e. The number of ether oxygens (including phenoxy) is 1. The quantitative estimate of drug-likeness (QED) is 0.624. The molecule has 0 fully saturated rings. The van der Waals surface area contributed by atoms with Gasteiger partial charge >= 0.3 is 0 Å². The Morgan fingerprint density at radius 2 is 1.89 bits per heavy atom. The molecular formula is C19H19ClN4O2S. The zero-order valence-electron chi connectivity index (χ0n) is 15.1. The van der Waals surface area contributed by atoms with Gasteiger partial charge in [-0.2, -0.15) is 0 Å². The lowest BCUT2D eigenvalue weighted by Crippen LogP contribution is -2.23. The SMILES string of the molecule is COc1ccc(-c2nnc(S[C@H](C)C(=O)Nc3ccccc3Cl)n2C)cc1. The van der Waals surface area contributed by atoms with Crippen molar-refractivity contribution in [1.29, 1.82) is 0 Å². The molecule has 3 rings (SSSR count). The number of carbonyl (C=O) groups is 1. The summed E-state index contributed by atoms with van der Waals surface area (Å²) in [5.74, 6) is 1.35. The molecule has 140 valence electrons. The first-order valence-electron chi connectivity index (χ1n) is 8.25. The molecule has 1 aromatic heterocycles. The molecule has 8 heteroatoms. The molecule has 6 nitrogen and oxygen atoms in total. The van der Waals surface area contributed by atoms with Crippen LogP contribution in [-0.4, -0.2) is 33.0 Å². The normalized spacial score (nSPS) is 11.9. The monoisotopic (exact) mass is 402 g/mol. The molecule has 27 heavy (non-hydrogen) atoms. The standard InChI is InChI=1S/C19H19ClN4O2S/c1-12(18(25)21-16-7-5-4-6-15(16)20)27-19-23-22-17(24(19)2)13-8-10-14(26-3)11-9-13/h4-12H,1-3H3,(H,21,25)/t12-/m1/s1. The Balaban J connectivity index is 1.71. The Kier molecular flexibility index (Phi) is 6.03. The van der Waals surface area contributed by atoms with Crippen molar-refractivity contribution in [2.45, 2.75) is 17.3 Å². The molecule has 0 aliphatic heterocycles. The van der Waals surface area contributed by atoms with Crippen molar-refractivity contribution in [2.24, 2.45) is 7.05 Å². The number of nitrogens with zero attached hydrogens (tertiary/aromatic N) is 3. The number of carbonyl (C=O) groups excluding carboxylic acids is 1. The van der Waals surface area contributed by atoms with Crippen molar-refractivity contribution < 1.29 is 9.53 Å². The number of thioether (sulfide) groups is 1. The van der Waals surface area contributed by atoms with E-state index < -0.39 is 0 Å². The van der Waals surface area contributed by atoms with E-state index in [1.807, 2.05) is 54.9 Å². The molecule has 0 saturated carbocycles. The Bertz CT molecular complexity index is 943. The highest BCUT2D eigenvalue weighted by atomic mass is 35.5. The first-order chi connectivity index (χ1) is 13.0. The molecule has 0 saturated heterocycles. The number of rotatable bonds is 6. The van der Waals surface area contributed by atoms with Crippen molar-refractivity contribution >= 4 is 35.0 Å². The predicted molar refractivity (Wildman–Crippen MR) is 108 cm³/mol. The van der Waals surface area contributed by atoms with Crippen LogP contribution < -0.4 is 10.1 Å². The number of amides is 1. The zero-order valence-corrected chi connectivity index (χ0v) is 16.7. The molecule has 3 aromatic rings. The second kappa shape index (κ2) is 8.45. The maximum atomic E-state index is 12.5. The number of methoxy groups -OCH3 is 1. The molecular weight excluding hydrogens is 384 g/mol. The van der Waals surface area contributed by atoms with Crippen LogP contribution in [0, 0.1) is 0 Å². The summed E-state index contributed by atoms with van der Waals surface area (Å²) in [4.78, 5) is 12.5. The van der Waals surface area contributed by atoms with E-state index in [4.69, 9.17) is 16.3 Å². The summed E-state index contributed by atoms with van der Waals surface area (Å²) in [5, 5.41) is 12.1. The van der Waals surface area contributed by atoms with Gasteiger partial charge in [0.2, 0.25) is 5.91 Å². The maximum absolute atomic E-state index is 12.5. The van der Waals surface area contributed by atoms with Crippen LogP contribution in [0.4, 0.5) is 5.69 Å². The summed E-state index contributed by atoms with van der Waals surface area (Å²) in [6.07, 6.45) is 0. The van der Waals surface area contributed by atoms with Gasteiger partial charge < -0.3 is 14.6 Å². The van der Waals surface area contributed by atoms with E-state index in [0.717, 1.165) is 17.1 Å². The molecule has 0 radical (unpaired) electrons. The van der Waals surface area contributed by atoms with Crippen LogP contribution >= 0.6 is 23.4 Å². The average molecular weight is 403 g/mol. The fraction of sp³-hybridized carbons (Fsp3) is 0.211. The van der Waals surface area contributed by atoms with Crippen LogP contribution in [0.1, 0.15) is 6.92 Å². The van der Waals surface area contributed by atoms with Gasteiger partial charge in [0.15, 0.2) is 11.0 Å². The Morgan fingerprint density at radius 3 is 2.56 bits per heavy atom. The zero-order chi connectivity index (χ0) is 19.4. The average Bonchev–Trinajstić information content (AvgIpc) is 3.04. The predicted octanol–water partition coefficient (Wildman–Crippen LogP) is 4.26. The second-order valence-corrected chi connectivity index (χ2v) is 7.54.